The largest absolute Gasteiger partial charge is 0.505 e. The average Bonchev–Trinajstić information content (AvgIpc) is 1.87. The molecule has 10 heavy (non-hydrogen) atoms. The van der Waals surface area contributed by atoms with Crippen LogP contribution in [0.4, 0.5) is 4.79 Å². The number of ether oxygens (including phenoxy) is 1. The molecule has 0 heterocycles. The van der Waals surface area contributed by atoms with Crippen LogP contribution in [0.3, 0.4) is 0 Å². The Hall–Kier alpha value is -0.990. The molecule has 58 valence electrons. The summed E-state index contributed by atoms with van der Waals surface area (Å²) in [7, 11) is 0. The molecule has 0 bridgehead atoms. The number of allylic oxidation sites excluding steroid dienone is 2. The van der Waals surface area contributed by atoms with Gasteiger partial charge in [0.25, 0.3) is 0 Å². The molecule has 0 aromatic heterocycles. The van der Waals surface area contributed by atoms with Crippen LogP contribution >= 0.6 is 0 Å². The van der Waals surface area contributed by atoms with Gasteiger partial charge in [-0.1, -0.05) is 12.2 Å². The van der Waals surface area contributed by atoms with E-state index >= 15 is 0 Å². The van der Waals surface area contributed by atoms with E-state index in [1.54, 1.807) is 0 Å². The third-order valence-electron chi connectivity index (χ3n) is 0.976. The summed E-state index contributed by atoms with van der Waals surface area (Å²) in [6, 6.07) is 0. The monoisotopic (exact) mass is 144 g/mol. The van der Waals surface area contributed by atoms with Gasteiger partial charge in [0.15, 0.2) is 0 Å². The number of unbranched alkanes of at least 4 members (excludes halogenated alkanes) is 1. The Kier molecular flexibility index (Phi) is 5.53. The Morgan fingerprint density at radius 3 is 2.90 bits per heavy atom. The highest BCUT2D eigenvalue weighted by molar-refractivity contribution is 5.56. The number of carbonyl (C=O) groups is 1. The molecule has 1 N–H and O–H groups in total. The lowest BCUT2D eigenvalue weighted by Gasteiger charge is -1.95. The van der Waals surface area contributed by atoms with E-state index in [2.05, 4.69) is 4.74 Å². The van der Waals surface area contributed by atoms with E-state index in [-0.39, 0.29) is 0 Å². The third-order valence-corrected chi connectivity index (χ3v) is 0.976. The van der Waals surface area contributed by atoms with E-state index < -0.39 is 6.16 Å². The summed E-state index contributed by atoms with van der Waals surface area (Å²) in [4.78, 5) is 9.79. The van der Waals surface area contributed by atoms with Gasteiger partial charge in [-0.25, -0.2) is 4.79 Å². The van der Waals surface area contributed by atoms with Gasteiger partial charge in [-0.15, -0.1) is 0 Å². The quantitative estimate of drug-likeness (QED) is 0.373. The fourth-order valence-corrected chi connectivity index (χ4v) is 0.527. The number of hydrogen-bond acceptors (Lipinski definition) is 2. The molecule has 0 rings (SSSR count). The lowest BCUT2D eigenvalue weighted by atomic mass is 10.3. The van der Waals surface area contributed by atoms with Gasteiger partial charge in [0, 0.05) is 0 Å². The van der Waals surface area contributed by atoms with Crippen LogP contribution in [0.2, 0.25) is 0 Å². The standard InChI is InChI=1S/C7H12O3/c1-2-3-4-5-6-10-7(8)9/h2-3H,4-6H2,1H3,(H,8,9)/b3-2+. The molecule has 0 saturated heterocycles. The van der Waals surface area contributed by atoms with Gasteiger partial charge in [0.05, 0.1) is 6.61 Å². The molecule has 0 aliphatic rings. The molecule has 0 aliphatic carbocycles. The van der Waals surface area contributed by atoms with Gasteiger partial charge in [0.1, 0.15) is 0 Å². The van der Waals surface area contributed by atoms with Gasteiger partial charge >= 0.3 is 6.16 Å². The van der Waals surface area contributed by atoms with E-state index in [1.165, 1.54) is 0 Å². The minimum atomic E-state index is -1.19. The summed E-state index contributed by atoms with van der Waals surface area (Å²) >= 11 is 0. The number of carboxylic acid groups (broad SMARTS) is 1. The van der Waals surface area contributed by atoms with Crippen LogP contribution in [0.15, 0.2) is 12.2 Å². The second-order valence-corrected chi connectivity index (χ2v) is 1.83. The van der Waals surface area contributed by atoms with E-state index in [0.29, 0.717) is 6.61 Å². The summed E-state index contributed by atoms with van der Waals surface area (Å²) in [5, 5.41) is 8.03. The Balaban J connectivity index is 2.98. The van der Waals surface area contributed by atoms with Crippen molar-refractivity contribution < 1.29 is 14.6 Å². The van der Waals surface area contributed by atoms with Crippen molar-refractivity contribution in [2.75, 3.05) is 6.61 Å². The minimum Gasteiger partial charge on any atom is -0.450 e. The minimum absolute atomic E-state index is 0.291. The lowest BCUT2D eigenvalue weighted by Crippen LogP contribution is -2.00. The van der Waals surface area contributed by atoms with Crippen LogP contribution in [0.5, 0.6) is 0 Å². The van der Waals surface area contributed by atoms with Crippen LogP contribution in [0.25, 0.3) is 0 Å². The molecule has 0 fully saturated rings. The van der Waals surface area contributed by atoms with E-state index in [4.69, 9.17) is 5.11 Å². The SMILES string of the molecule is C/C=C/CCCOC(=O)O. The van der Waals surface area contributed by atoms with Crippen molar-refractivity contribution in [3.05, 3.63) is 12.2 Å². The molecule has 0 saturated carbocycles. The first-order chi connectivity index (χ1) is 4.77. The highest BCUT2D eigenvalue weighted by Gasteiger charge is 1.92. The summed E-state index contributed by atoms with van der Waals surface area (Å²) in [6.07, 6.45) is 4.35. The van der Waals surface area contributed by atoms with Gasteiger partial charge in [-0.2, -0.15) is 0 Å². The van der Waals surface area contributed by atoms with Crippen molar-refractivity contribution in [1.29, 1.82) is 0 Å². The van der Waals surface area contributed by atoms with Crippen LogP contribution in [-0.2, 0) is 4.74 Å². The molecule has 0 aromatic carbocycles. The van der Waals surface area contributed by atoms with Crippen molar-refractivity contribution in [3.63, 3.8) is 0 Å². The number of hydrogen-bond donors (Lipinski definition) is 1. The van der Waals surface area contributed by atoms with Gasteiger partial charge in [-0.3, -0.25) is 0 Å². The zero-order chi connectivity index (χ0) is 7.82. The molecule has 0 radical (unpaired) electrons. The van der Waals surface area contributed by atoms with Crippen LogP contribution in [-0.4, -0.2) is 17.9 Å². The second kappa shape index (κ2) is 6.13. The summed E-state index contributed by atoms with van der Waals surface area (Å²) in [5.74, 6) is 0. The third kappa shape index (κ3) is 7.01. The Bertz CT molecular complexity index is 118. The number of rotatable bonds is 4. The summed E-state index contributed by atoms with van der Waals surface area (Å²) in [6.45, 7) is 2.22. The van der Waals surface area contributed by atoms with Crippen LogP contribution in [0, 0.1) is 0 Å². The van der Waals surface area contributed by atoms with E-state index in [0.717, 1.165) is 12.8 Å². The first kappa shape index (κ1) is 9.01. The fraction of sp³-hybridized carbons (Fsp3) is 0.571. The molecule has 0 aromatic rings. The van der Waals surface area contributed by atoms with Crippen molar-refractivity contribution in [3.8, 4) is 0 Å². The van der Waals surface area contributed by atoms with E-state index in [9.17, 15) is 4.79 Å². The van der Waals surface area contributed by atoms with Gasteiger partial charge < -0.3 is 9.84 Å². The molecule has 0 atom stereocenters. The Labute approximate surface area is 60.3 Å². The smallest absolute Gasteiger partial charge is 0.450 e. The normalized spacial score (nSPS) is 10.1. The molecule has 3 heteroatoms. The highest BCUT2D eigenvalue weighted by atomic mass is 16.7. The summed E-state index contributed by atoms with van der Waals surface area (Å²) < 4.78 is 4.27. The summed E-state index contributed by atoms with van der Waals surface area (Å²) in [5.41, 5.74) is 0. The van der Waals surface area contributed by atoms with Crippen molar-refractivity contribution in [2.24, 2.45) is 0 Å². The zero-order valence-corrected chi connectivity index (χ0v) is 6.04. The topological polar surface area (TPSA) is 46.5 Å². The Morgan fingerprint density at radius 1 is 1.70 bits per heavy atom. The van der Waals surface area contributed by atoms with Crippen molar-refractivity contribution >= 4 is 6.16 Å². The molecular weight excluding hydrogens is 132 g/mol. The second-order valence-electron chi connectivity index (χ2n) is 1.83. The molecule has 0 aliphatic heterocycles. The highest BCUT2D eigenvalue weighted by Crippen LogP contribution is 1.91. The predicted molar refractivity (Wildman–Crippen MR) is 38.0 cm³/mol. The van der Waals surface area contributed by atoms with Crippen molar-refractivity contribution in [1.82, 2.24) is 0 Å². The Morgan fingerprint density at radius 2 is 2.40 bits per heavy atom. The zero-order valence-electron chi connectivity index (χ0n) is 6.04. The molecule has 0 unspecified atom stereocenters. The maximum Gasteiger partial charge on any atom is 0.505 e. The van der Waals surface area contributed by atoms with Crippen LogP contribution < -0.4 is 0 Å². The van der Waals surface area contributed by atoms with Crippen LogP contribution in [0.1, 0.15) is 19.8 Å². The molecule has 0 spiro atoms. The predicted octanol–water partition coefficient (Wildman–Crippen LogP) is 2.04. The maximum atomic E-state index is 9.79. The lowest BCUT2D eigenvalue weighted by molar-refractivity contribution is 0.0909. The van der Waals surface area contributed by atoms with E-state index in [1.807, 2.05) is 19.1 Å². The maximum absolute atomic E-state index is 9.79. The van der Waals surface area contributed by atoms with Gasteiger partial charge in [-0.05, 0) is 19.8 Å². The first-order valence-electron chi connectivity index (χ1n) is 3.24. The first-order valence-corrected chi connectivity index (χ1v) is 3.24. The fourth-order valence-electron chi connectivity index (χ4n) is 0.527. The average molecular weight is 144 g/mol. The molecule has 0 amide bonds. The van der Waals surface area contributed by atoms with Crippen molar-refractivity contribution in [2.45, 2.75) is 19.8 Å². The van der Waals surface area contributed by atoms with Gasteiger partial charge in [0.2, 0.25) is 0 Å². The molecular formula is C7H12O3. The molecule has 3 nitrogen and oxygen atoms in total.